The topological polar surface area (TPSA) is 95.9 Å². The van der Waals surface area contributed by atoms with Gasteiger partial charge in [0.05, 0.1) is 6.61 Å². The van der Waals surface area contributed by atoms with Crippen molar-refractivity contribution in [1.29, 1.82) is 0 Å². The van der Waals surface area contributed by atoms with Crippen LogP contribution in [0.2, 0.25) is 0 Å². The molecule has 0 spiro atoms. The van der Waals surface area contributed by atoms with Gasteiger partial charge in [-0.3, -0.25) is 4.79 Å². The highest BCUT2D eigenvalue weighted by molar-refractivity contribution is 5.92. The van der Waals surface area contributed by atoms with E-state index in [4.69, 9.17) is 9.84 Å². The lowest BCUT2D eigenvalue weighted by Crippen LogP contribution is -2.61. The maximum Gasteiger partial charge on any atom is 0.336 e. The molecule has 0 aromatic rings. The molecule has 1 amide bonds. The number of carboxylic acids is 1. The van der Waals surface area contributed by atoms with E-state index in [1.807, 2.05) is 0 Å². The predicted molar refractivity (Wildman–Crippen MR) is 41.0 cm³/mol. The zero-order chi connectivity index (χ0) is 10.1. The molecule has 2 atom stereocenters. The third kappa shape index (κ3) is 1.63. The van der Waals surface area contributed by atoms with Gasteiger partial charge in [0.15, 0.2) is 11.7 Å². The number of carboxylic acid groups (broad SMARTS) is 1. The van der Waals surface area contributed by atoms with Gasteiger partial charge in [-0.15, -0.1) is 0 Å². The van der Waals surface area contributed by atoms with Crippen molar-refractivity contribution in [3.8, 4) is 0 Å². The largest absolute Gasteiger partial charge is 0.479 e. The molecular formula is C7H11NO5. The second-order valence-corrected chi connectivity index (χ2v) is 2.95. The first-order chi connectivity index (χ1) is 5.98. The summed E-state index contributed by atoms with van der Waals surface area (Å²) in [5, 5.41) is 20.1. The van der Waals surface area contributed by atoms with Crippen LogP contribution in [0, 0.1) is 0 Å². The van der Waals surface area contributed by atoms with Gasteiger partial charge in [0.1, 0.15) is 0 Å². The fourth-order valence-corrected chi connectivity index (χ4v) is 1.11. The van der Waals surface area contributed by atoms with E-state index in [2.05, 4.69) is 5.32 Å². The predicted octanol–water partition coefficient (Wildman–Crippen LogP) is -1.66. The molecule has 0 aromatic heterocycles. The number of rotatable bonds is 2. The van der Waals surface area contributed by atoms with Crippen LogP contribution in [0.5, 0.6) is 0 Å². The molecule has 2 unspecified atom stereocenters. The SMILES string of the molecule is CC1(C(O)C(=O)O)OCCNC1=O. The lowest BCUT2D eigenvalue weighted by atomic mass is 9.96. The Balaban J connectivity index is 2.83. The van der Waals surface area contributed by atoms with Crippen LogP contribution in [0.3, 0.4) is 0 Å². The van der Waals surface area contributed by atoms with E-state index in [0.717, 1.165) is 0 Å². The second kappa shape index (κ2) is 3.31. The standard InChI is InChI=1S/C7H11NO5/c1-7(4(9)5(10)11)6(12)8-2-3-13-7/h4,9H,2-3H2,1H3,(H,8,12)(H,10,11). The van der Waals surface area contributed by atoms with Crippen molar-refractivity contribution in [2.75, 3.05) is 13.2 Å². The molecule has 74 valence electrons. The van der Waals surface area contributed by atoms with Crippen molar-refractivity contribution in [3.05, 3.63) is 0 Å². The van der Waals surface area contributed by atoms with Crippen LogP contribution in [0.25, 0.3) is 0 Å². The summed E-state index contributed by atoms with van der Waals surface area (Å²) in [7, 11) is 0. The number of morpholine rings is 1. The van der Waals surface area contributed by atoms with Crippen molar-refractivity contribution >= 4 is 11.9 Å². The molecule has 0 bridgehead atoms. The maximum absolute atomic E-state index is 11.2. The summed E-state index contributed by atoms with van der Waals surface area (Å²) in [4.78, 5) is 21.6. The van der Waals surface area contributed by atoms with Gasteiger partial charge in [0.25, 0.3) is 5.91 Å². The average molecular weight is 189 g/mol. The van der Waals surface area contributed by atoms with Crippen molar-refractivity contribution in [1.82, 2.24) is 5.32 Å². The van der Waals surface area contributed by atoms with Gasteiger partial charge >= 0.3 is 5.97 Å². The van der Waals surface area contributed by atoms with Crippen molar-refractivity contribution in [2.24, 2.45) is 0 Å². The average Bonchev–Trinajstić information content (AvgIpc) is 2.09. The van der Waals surface area contributed by atoms with Crippen LogP contribution in [0.15, 0.2) is 0 Å². The van der Waals surface area contributed by atoms with Crippen LogP contribution in [-0.4, -0.2) is 46.9 Å². The molecule has 1 aliphatic heterocycles. The first-order valence-electron chi connectivity index (χ1n) is 3.81. The fourth-order valence-electron chi connectivity index (χ4n) is 1.11. The molecule has 0 aliphatic carbocycles. The minimum atomic E-state index is -1.84. The first-order valence-corrected chi connectivity index (χ1v) is 3.81. The summed E-state index contributed by atoms with van der Waals surface area (Å²) in [5.74, 6) is -2.08. The number of aliphatic carboxylic acids is 1. The highest BCUT2D eigenvalue weighted by Gasteiger charge is 2.47. The molecule has 1 saturated heterocycles. The summed E-state index contributed by atoms with van der Waals surface area (Å²) >= 11 is 0. The smallest absolute Gasteiger partial charge is 0.336 e. The highest BCUT2D eigenvalue weighted by atomic mass is 16.5. The molecule has 6 nitrogen and oxygen atoms in total. The van der Waals surface area contributed by atoms with E-state index < -0.39 is 23.6 Å². The van der Waals surface area contributed by atoms with E-state index in [-0.39, 0.29) is 6.61 Å². The van der Waals surface area contributed by atoms with E-state index in [1.165, 1.54) is 6.92 Å². The molecule has 3 N–H and O–H groups in total. The van der Waals surface area contributed by atoms with E-state index >= 15 is 0 Å². The second-order valence-electron chi connectivity index (χ2n) is 2.95. The summed E-state index contributed by atoms with van der Waals surface area (Å²) in [6.45, 7) is 1.79. The van der Waals surface area contributed by atoms with Gasteiger partial charge in [0, 0.05) is 6.54 Å². The lowest BCUT2D eigenvalue weighted by Gasteiger charge is -2.34. The number of hydrogen-bond acceptors (Lipinski definition) is 4. The number of ether oxygens (including phenoxy) is 1. The van der Waals surface area contributed by atoms with Crippen LogP contribution in [0.4, 0.5) is 0 Å². The normalized spacial score (nSPS) is 30.8. The first kappa shape index (κ1) is 9.94. The Bertz CT molecular complexity index is 241. The minimum absolute atomic E-state index is 0.201. The molecular weight excluding hydrogens is 178 g/mol. The molecule has 1 aliphatic rings. The molecule has 13 heavy (non-hydrogen) atoms. The van der Waals surface area contributed by atoms with Gasteiger partial charge in [-0.25, -0.2) is 4.79 Å². The third-order valence-corrected chi connectivity index (χ3v) is 2.00. The quantitative estimate of drug-likeness (QED) is 0.483. The van der Waals surface area contributed by atoms with Gasteiger partial charge in [-0.2, -0.15) is 0 Å². The zero-order valence-electron chi connectivity index (χ0n) is 7.11. The van der Waals surface area contributed by atoms with Crippen molar-refractivity contribution < 1.29 is 24.5 Å². The molecule has 0 aromatic carbocycles. The Labute approximate surface area is 74.5 Å². The summed E-state index contributed by atoms with van der Waals surface area (Å²) in [6, 6.07) is 0. The number of carbonyl (C=O) groups is 2. The summed E-state index contributed by atoms with van der Waals surface area (Å²) < 4.78 is 4.96. The van der Waals surface area contributed by atoms with Crippen LogP contribution < -0.4 is 5.32 Å². The Morgan fingerprint density at radius 3 is 2.85 bits per heavy atom. The molecule has 0 radical (unpaired) electrons. The summed E-state index contributed by atoms with van der Waals surface area (Å²) in [5.41, 5.74) is -1.68. The number of carbonyl (C=O) groups excluding carboxylic acids is 1. The van der Waals surface area contributed by atoms with Crippen molar-refractivity contribution in [3.63, 3.8) is 0 Å². The van der Waals surface area contributed by atoms with Gasteiger partial charge in [-0.05, 0) is 6.92 Å². The molecule has 0 saturated carbocycles. The molecule has 1 rings (SSSR count). The van der Waals surface area contributed by atoms with E-state index in [1.54, 1.807) is 0 Å². The van der Waals surface area contributed by atoms with Crippen molar-refractivity contribution in [2.45, 2.75) is 18.6 Å². The number of nitrogens with one attached hydrogen (secondary N) is 1. The van der Waals surface area contributed by atoms with Crippen LogP contribution >= 0.6 is 0 Å². The lowest BCUT2D eigenvalue weighted by molar-refractivity contribution is -0.183. The number of hydrogen-bond donors (Lipinski definition) is 3. The monoisotopic (exact) mass is 189 g/mol. The minimum Gasteiger partial charge on any atom is -0.479 e. The molecule has 1 fully saturated rings. The zero-order valence-corrected chi connectivity index (χ0v) is 7.11. The number of aliphatic hydroxyl groups excluding tert-OH is 1. The Morgan fingerprint density at radius 1 is 1.77 bits per heavy atom. The van der Waals surface area contributed by atoms with E-state index in [0.29, 0.717) is 6.54 Å². The maximum atomic E-state index is 11.2. The summed E-state index contributed by atoms with van der Waals surface area (Å²) in [6.07, 6.45) is -1.84. The third-order valence-electron chi connectivity index (χ3n) is 2.00. The Morgan fingerprint density at radius 2 is 2.38 bits per heavy atom. The van der Waals surface area contributed by atoms with E-state index in [9.17, 15) is 14.7 Å². The molecule has 1 heterocycles. The van der Waals surface area contributed by atoms with Gasteiger partial charge in [0.2, 0.25) is 0 Å². The number of amides is 1. The Kier molecular flexibility index (Phi) is 2.53. The molecule has 6 heteroatoms. The number of aliphatic hydroxyl groups is 1. The Hall–Kier alpha value is -1.14. The van der Waals surface area contributed by atoms with Crippen LogP contribution in [-0.2, 0) is 14.3 Å². The van der Waals surface area contributed by atoms with Crippen LogP contribution in [0.1, 0.15) is 6.92 Å². The van der Waals surface area contributed by atoms with Gasteiger partial charge in [-0.1, -0.05) is 0 Å². The van der Waals surface area contributed by atoms with Gasteiger partial charge < -0.3 is 20.3 Å². The fraction of sp³-hybridized carbons (Fsp3) is 0.714. The highest BCUT2D eigenvalue weighted by Crippen LogP contribution is 2.18.